The van der Waals surface area contributed by atoms with E-state index in [4.69, 9.17) is 14.3 Å². The van der Waals surface area contributed by atoms with E-state index >= 15 is 0 Å². The Morgan fingerprint density at radius 1 is 1.06 bits per heavy atom. The molecule has 1 aromatic rings. The molecule has 0 fully saturated rings. The molecule has 0 saturated heterocycles. The van der Waals surface area contributed by atoms with Crippen LogP contribution in [0.2, 0.25) is 0 Å². The Morgan fingerprint density at radius 3 is 1.88 bits per heavy atom. The molecule has 6 heteroatoms. The van der Waals surface area contributed by atoms with E-state index in [2.05, 4.69) is 4.74 Å². The number of methoxy groups -OCH3 is 3. The van der Waals surface area contributed by atoms with Gasteiger partial charge in [0.25, 0.3) is 0 Å². The van der Waals surface area contributed by atoms with Gasteiger partial charge in [0.15, 0.2) is 0 Å². The van der Waals surface area contributed by atoms with Crippen LogP contribution >= 0.6 is 0 Å². The van der Waals surface area contributed by atoms with Crippen molar-refractivity contribution >= 4 is 5.97 Å². The van der Waals surface area contributed by atoms with Crippen molar-refractivity contribution in [1.29, 1.82) is 0 Å². The number of nitrogens with zero attached hydrogens (tertiary/aromatic N) is 1. The molecular weight excluding hydrogens is 214 g/mol. The molecule has 0 aliphatic rings. The van der Waals surface area contributed by atoms with E-state index in [1.807, 2.05) is 0 Å². The Morgan fingerprint density at radius 2 is 1.56 bits per heavy atom. The zero-order valence-electron chi connectivity index (χ0n) is 9.64. The summed E-state index contributed by atoms with van der Waals surface area (Å²) < 4.78 is 16.0. The summed E-state index contributed by atoms with van der Waals surface area (Å²) in [6, 6.07) is 3.00. The van der Waals surface area contributed by atoms with Crippen LogP contribution in [-0.4, -0.2) is 34.4 Å². The normalized spacial score (nSPS) is 9.50. The third kappa shape index (κ3) is 2.16. The van der Waals surface area contributed by atoms with Gasteiger partial charge in [-0.3, -0.25) is 4.84 Å². The van der Waals surface area contributed by atoms with E-state index in [1.54, 1.807) is 0 Å². The first kappa shape index (κ1) is 12.1. The van der Waals surface area contributed by atoms with Crippen molar-refractivity contribution in [2.24, 2.45) is 0 Å². The average Bonchev–Trinajstić information content (AvgIpc) is 2.35. The lowest BCUT2D eigenvalue weighted by atomic mass is 10.2. The Bertz CT molecular complexity index is 366. The molecule has 1 aromatic heterocycles. The van der Waals surface area contributed by atoms with Gasteiger partial charge in [0, 0.05) is 0 Å². The van der Waals surface area contributed by atoms with Crippen molar-refractivity contribution in [3.8, 4) is 11.8 Å². The minimum Gasteiger partial charge on any atom is -0.465 e. The minimum absolute atomic E-state index is 0.324. The van der Waals surface area contributed by atoms with Crippen LogP contribution in [0.5, 0.6) is 11.8 Å². The number of carbonyl (C=O) groups is 1. The van der Waals surface area contributed by atoms with Crippen LogP contribution in [0.25, 0.3) is 0 Å². The van der Waals surface area contributed by atoms with Gasteiger partial charge in [0.1, 0.15) is 7.11 Å². The molecule has 0 aliphatic carbocycles. The fraction of sp³-hybridized carbons (Fsp3) is 0.400. The monoisotopic (exact) mass is 228 g/mol. The molecule has 0 radical (unpaired) electrons. The fourth-order valence-corrected chi connectivity index (χ4v) is 1.23. The summed E-state index contributed by atoms with van der Waals surface area (Å²) in [5.74, 6) is 0.198. The van der Waals surface area contributed by atoms with E-state index in [1.165, 1.54) is 45.3 Å². The molecule has 1 rings (SSSR count). The Labute approximate surface area is 93.3 Å². The number of pyridine rings is 1. The van der Waals surface area contributed by atoms with Crippen molar-refractivity contribution in [3.63, 3.8) is 0 Å². The maximum Gasteiger partial charge on any atom is 0.422 e. The summed E-state index contributed by atoms with van der Waals surface area (Å²) in [4.78, 5) is 16.4. The van der Waals surface area contributed by atoms with E-state index in [9.17, 15) is 4.79 Å². The highest BCUT2D eigenvalue weighted by molar-refractivity contribution is 5.89. The summed E-state index contributed by atoms with van der Waals surface area (Å²) in [5.41, 5.74) is 0.324. The lowest BCUT2D eigenvalue weighted by Gasteiger charge is -2.04. The Hall–Kier alpha value is -1.98. The first-order valence-corrected chi connectivity index (χ1v) is 4.48. The molecule has 0 aromatic carbocycles. The average molecular weight is 228 g/mol. The van der Waals surface area contributed by atoms with Gasteiger partial charge < -0.3 is 14.2 Å². The minimum atomic E-state index is -0.472. The van der Waals surface area contributed by atoms with Gasteiger partial charge in [0.2, 0.25) is 0 Å². The third-order valence-electron chi connectivity index (χ3n) is 1.98. The molecular formula is C10H14NO5+. The number of carbonyl (C=O) groups excluding carboxylic acids is 1. The van der Waals surface area contributed by atoms with Gasteiger partial charge in [-0.05, 0) is 0 Å². The van der Waals surface area contributed by atoms with Crippen molar-refractivity contribution in [1.82, 2.24) is 0 Å². The van der Waals surface area contributed by atoms with Crippen molar-refractivity contribution in [2.45, 2.75) is 0 Å². The molecule has 0 N–H and O–H groups in total. The summed E-state index contributed by atoms with van der Waals surface area (Å²) in [6.45, 7) is 0. The van der Waals surface area contributed by atoms with E-state index in [0.29, 0.717) is 17.3 Å². The molecule has 6 nitrogen and oxygen atoms in total. The molecule has 16 heavy (non-hydrogen) atoms. The lowest BCUT2D eigenvalue weighted by Crippen LogP contribution is -2.43. The molecule has 0 saturated carbocycles. The van der Waals surface area contributed by atoms with Crippen LogP contribution < -0.4 is 19.0 Å². The van der Waals surface area contributed by atoms with Crippen molar-refractivity contribution in [2.75, 3.05) is 28.4 Å². The van der Waals surface area contributed by atoms with Crippen LogP contribution in [0.15, 0.2) is 12.1 Å². The number of rotatable bonds is 4. The number of aromatic nitrogens is 1. The Balaban J connectivity index is 3.31. The molecule has 1 heterocycles. The number of ether oxygens (including phenoxy) is 3. The second kappa shape index (κ2) is 5.20. The summed E-state index contributed by atoms with van der Waals surface area (Å²) >= 11 is 0. The Kier molecular flexibility index (Phi) is 3.93. The van der Waals surface area contributed by atoms with Gasteiger partial charge >= 0.3 is 17.7 Å². The first-order valence-electron chi connectivity index (χ1n) is 4.48. The van der Waals surface area contributed by atoms with Crippen LogP contribution in [0.3, 0.4) is 0 Å². The number of hydrogen-bond donors (Lipinski definition) is 0. The van der Waals surface area contributed by atoms with E-state index < -0.39 is 5.97 Å². The molecule has 0 unspecified atom stereocenters. The second-order valence-corrected chi connectivity index (χ2v) is 2.80. The second-order valence-electron chi connectivity index (χ2n) is 2.80. The van der Waals surface area contributed by atoms with Crippen LogP contribution in [-0.2, 0) is 4.74 Å². The highest BCUT2D eigenvalue weighted by atomic mass is 16.7. The molecule has 0 spiro atoms. The van der Waals surface area contributed by atoms with Gasteiger partial charge in [0.05, 0.1) is 43.8 Å². The van der Waals surface area contributed by atoms with Gasteiger partial charge in [-0.15, -0.1) is 0 Å². The van der Waals surface area contributed by atoms with E-state index in [0.717, 1.165) is 0 Å². The fourth-order valence-electron chi connectivity index (χ4n) is 1.23. The summed E-state index contributed by atoms with van der Waals surface area (Å²) in [5, 5.41) is 0. The highest BCUT2D eigenvalue weighted by Gasteiger charge is 2.25. The highest BCUT2D eigenvalue weighted by Crippen LogP contribution is 2.15. The predicted octanol–water partition coefficient (Wildman–Crippen LogP) is -0.164. The van der Waals surface area contributed by atoms with E-state index in [-0.39, 0.29) is 0 Å². The topological polar surface area (TPSA) is 57.9 Å². The van der Waals surface area contributed by atoms with Gasteiger partial charge in [-0.1, -0.05) is 0 Å². The predicted molar refractivity (Wildman–Crippen MR) is 53.6 cm³/mol. The van der Waals surface area contributed by atoms with Crippen LogP contribution in [0, 0.1) is 0 Å². The quantitative estimate of drug-likeness (QED) is 0.529. The van der Waals surface area contributed by atoms with Crippen molar-refractivity contribution < 1.29 is 28.6 Å². The largest absolute Gasteiger partial charge is 0.465 e. The molecule has 0 atom stereocenters. The lowest BCUT2D eigenvalue weighted by molar-refractivity contribution is -0.888. The molecule has 0 bridgehead atoms. The molecule has 0 amide bonds. The third-order valence-corrected chi connectivity index (χ3v) is 1.98. The van der Waals surface area contributed by atoms with Crippen LogP contribution in [0.1, 0.15) is 10.4 Å². The number of hydrogen-bond acceptors (Lipinski definition) is 5. The first-order chi connectivity index (χ1) is 7.67. The summed E-state index contributed by atoms with van der Waals surface area (Å²) in [7, 11) is 5.69. The standard InChI is InChI=1S/C10H14NO5/c1-13-8-5-7(10(12)15-3)6-9(14-2)11(8)16-4/h5-6H,1-4H3/q+1. The van der Waals surface area contributed by atoms with Crippen LogP contribution in [0.4, 0.5) is 0 Å². The van der Waals surface area contributed by atoms with Gasteiger partial charge in [-0.2, -0.15) is 0 Å². The molecule has 0 aliphatic heterocycles. The van der Waals surface area contributed by atoms with Gasteiger partial charge in [-0.25, -0.2) is 4.79 Å². The zero-order chi connectivity index (χ0) is 12.1. The zero-order valence-corrected chi connectivity index (χ0v) is 9.64. The summed E-state index contributed by atoms with van der Waals surface area (Å²) in [6.07, 6.45) is 0. The SMILES string of the molecule is COC(=O)c1cc(OC)[n+](OC)c(OC)c1. The maximum atomic E-state index is 11.4. The maximum absolute atomic E-state index is 11.4. The van der Waals surface area contributed by atoms with Crippen molar-refractivity contribution in [3.05, 3.63) is 17.7 Å². The number of esters is 1. The molecule has 88 valence electrons. The smallest absolute Gasteiger partial charge is 0.422 e.